The molecule has 0 unspecified atom stereocenters. The van der Waals surface area contributed by atoms with Crippen LogP contribution >= 0.6 is 0 Å². The van der Waals surface area contributed by atoms with E-state index in [9.17, 15) is 9.18 Å². The number of amides is 1. The summed E-state index contributed by atoms with van der Waals surface area (Å²) in [7, 11) is 0. The summed E-state index contributed by atoms with van der Waals surface area (Å²) < 4.78 is 18.2. The number of hydrogen-bond donors (Lipinski definition) is 1. The van der Waals surface area contributed by atoms with E-state index < -0.39 is 0 Å². The zero-order valence-electron chi connectivity index (χ0n) is 11.5. The van der Waals surface area contributed by atoms with E-state index >= 15 is 0 Å². The number of benzene rings is 1. The Hall–Kier alpha value is -3.02. The van der Waals surface area contributed by atoms with Crippen molar-refractivity contribution in [2.45, 2.75) is 6.54 Å². The third-order valence-electron chi connectivity index (χ3n) is 3.06. The van der Waals surface area contributed by atoms with Gasteiger partial charge in [0.15, 0.2) is 17.8 Å². The van der Waals surface area contributed by atoms with Gasteiger partial charge in [0.05, 0.1) is 0 Å². The Bertz CT molecular complexity index is 770. The molecule has 0 radical (unpaired) electrons. The molecule has 0 fully saturated rings. The Kier molecular flexibility index (Phi) is 3.91. The van der Waals surface area contributed by atoms with Gasteiger partial charge in [0, 0.05) is 24.5 Å². The minimum Gasteiger partial charge on any atom is -0.443 e. The van der Waals surface area contributed by atoms with Crippen molar-refractivity contribution in [3.63, 3.8) is 0 Å². The van der Waals surface area contributed by atoms with Crippen LogP contribution in [-0.2, 0) is 6.54 Å². The Morgan fingerprint density at radius 1 is 1.23 bits per heavy atom. The Morgan fingerprint density at radius 3 is 2.77 bits per heavy atom. The SMILES string of the molecule is O=C(NCc1cccnc1)c1ncoc1-c1ccc(F)cc1. The van der Waals surface area contributed by atoms with Gasteiger partial charge in [0.25, 0.3) is 5.91 Å². The first kappa shape index (κ1) is 13.9. The van der Waals surface area contributed by atoms with Crippen LogP contribution < -0.4 is 5.32 Å². The number of pyridine rings is 1. The first-order valence-electron chi connectivity index (χ1n) is 6.60. The lowest BCUT2D eigenvalue weighted by atomic mass is 10.1. The molecular weight excluding hydrogens is 285 g/mol. The molecule has 0 aliphatic rings. The maximum Gasteiger partial charge on any atom is 0.274 e. The Morgan fingerprint density at radius 2 is 2.05 bits per heavy atom. The summed E-state index contributed by atoms with van der Waals surface area (Å²) in [4.78, 5) is 20.1. The molecule has 0 saturated carbocycles. The van der Waals surface area contributed by atoms with Crippen molar-refractivity contribution in [1.29, 1.82) is 0 Å². The molecule has 110 valence electrons. The Balaban J connectivity index is 1.76. The molecule has 1 amide bonds. The van der Waals surface area contributed by atoms with Crippen molar-refractivity contribution in [1.82, 2.24) is 15.3 Å². The molecule has 0 aliphatic carbocycles. The average Bonchev–Trinajstić information content (AvgIpc) is 3.04. The van der Waals surface area contributed by atoms with E-state index in [1.165, 1.54) is 30.7 Å². The van der Waals surface area contributed by atoms with Crippen LogP contribution in [-0.4, -0.2) is 15.9 Å². The molecule has 1 N–H and O–H groups in total. The maximum atomic E-state index is 13.0. The van der Waals surface area contributed by atoms with Crippen LogP contribution in [0.2, 0.25) is 0 Å². The van der Waals surface area contributed by atoms with Crippen molar-refractivity contribution in [3.8, 4) is 11.3 Å². The molecule has 1 aromatic carbocycles. The van der Waals surface area contributed by atoms with Crippen LogP contribution in [0.25, 0.3) is 11.3 Å². The summed E-state index contributed by atoms with van der Waals surface area (Å²) in [5, 5.41) is 2.75. The van der Waals surface area contributed by atoms with Gasteiger partial charge in [0.1, 0.15) is 5.82 Å². The summed E-state index contributed by atoms with van der Waals surface area (Å²) in [5.41, 5.74) is 1.63. The number of hydrogen-bond acceptors (Lipinski definition) is 4. The fourth-order valence-corrected chi connectivity index (χ4v) is 1.98. The predicted molar refractivity (Wildman–Crippen MR) is 77.3 cm³/mol. The van der Waals surface area contributed by atoms with Crippen molar-refractivity contribution < 1.29 is 13.6 Å². The molecule has 3 aromatic rings. The third kappa shape index (κ3) is 3.01. The lowest BCUT2D eigenvalue weighted by Crippen LogP contribution is -2.23. The van der Waals surface area contributed by atoms with Crippen molar-refractivity contribution in [3.05, 3.63) is 72.3 Å². The molecule has 0 atom stereocenters. The van der Waals surface area contributed by atoms with Gasteiger partial charge in [-0.05, 0) is 35.9 Å². The summed E-state index contributed by atoms with van der Waals surface area (Å²) in [6.07, 6.45) is 4.53. The summed E-state index contributed by atoms with van der Waals surface area (Å²) in [6, 6.07) is 9.32. The summed E-state index contributed by atoms with van der Waals surface area (Å²) in [5.74, 6) is -0.411. The molecule has 2 heterocycles. The minimum atomic E-state index is -0.364. The van der Waals surface area contributed by atoms with Crippen LogP contribution in [0.15, 0.2) is 59.6 Å². The van der Waals surface area contributed by atoms with Gasteiger partial charge in [-0.25, -0.2) is 9.37 Å². The number of rotatable bonds is 4. The van der Waals surface area contributed by atoms with Gasteiger partial charge in [-0.15, -0.1) is 0 Å². The molecule has 0 bridgehead atoms. The van der Waals surface area contributed by atoms with Gasteiger partial charge >= 0.3 is 0 Å². The number of nitrogens with one attached hydrogen (secondary N) is 1. The highest BCUT2D eigenvalue weighted by Crippen LogP contribution is 2.23. The van der Waals surface area contributed by atoms with Crippen molar-refractivity contribution in [2.24, 2.45) is 0 Å². The largest absolute Gasteiger partial charge is 0.443 e. The summed E-state index contributed by atoms with van der Waals surface area (Å²) >= 11 is 0. The highest BCUT2D eigenvalue weighted by molar-refractivity contribution is 5.97. The highest BCUT2D eigenvalue weighted by atomic mass is 19.1. The smallest absolute Gasteiger partial charge is 0.274 e. The number of carbonyl (C=O) groups excluding carboxylic acids is 1. The van der Waals surface area contributed by atoms with E-state index in [-0.39, 0.29) is 17.4 Å². The lowest BCUT2D eigenvalue weighted by molar-refractivity contribution is 0.0946. The van der Waals surface area contributed by atoms with E-state index in [0.29, 0.717) is 17.9 Å². The lowest BCUT2D eigenvalue weighted by Gasteiger charge is -2.04. The standard InChI is InChI=1S/C16H12FN3O2/c17-13-5-3-12(4-6-13)15-14(20-10-22-15)16(21)19-9-11-2-1-7-18-8-11/h1-8,10H,9H2,(H,19,21). The normalized spacial score (nSPS) is 10.4. The van der Waals surface area contributed by atoms with E-state index in [2.05, 4.69) is 15.3 Å². The minimum absolute atomic E-state index is 0.162. The fraction of sp³-hybridized carbons (Fsp3) is 0.0625. The van der Waals surface area contributed by atoms with E-state index in [0.717, 1.165) is 5.56 Å². The number of nitrogens with zero attached hydrogens (tertiary/aromatic N) is 2. The monoisotopic (exact) mass is 297 g/mol. The number of oxazole rings is 1. The Labute approximate surface area is 125 Å². The quantitative estimate of drug-likeness (QED) is 0.804. The molecule has 6 heteroatoms. The van der Waals surface area contributed by atoms with Crippen molar-refractivity contribution >= 4 is 5.91 Å². The fourth-order valence-electron chi connectivity index (χ4n) is 1.98. The van der Waals surface area contributed by atoms with Crippen molar-refractivity contribution in [2.75, 3.05) is 0 Å². The molecule has 3 rings (SSSR count). The highest BCUT2D eigenvalue weighted by Gasteiger charge is 2.18. The second-order valence-electron chi connectivity index (χ2n) is 4.58. The first-order chi connectivity index (χ1) is 10.7. The molecule has 2 aromatic heterocycles. The van der Waals surface area contributed by atoms with Gasteiger partial charge in [-0.1, -0.05) is 6.07 Å². The second kappa shape index (κ2) is 6.17. The number of halogens is 1. The molecular formula is C16H12FN3O2. The predicted octanol–water partition coefficient (Wildman–Crippen LogP) is 2.81. The molecule has 0 aliphatic heterocycles. The second-order valence-corrected chi connectivity index (χ2v) is 4.58. The van der Waals surface area contributed by atoms with Gasteiger partial charge < -0.3 is 9.73 Å². The molecule has 0 spiro atoms. The van der Waals surface area contributed by atoms with Gasteiger partial charge in [0.2, 0.25) is 0 Å². The summed E-state index contributed by atoms with van der Waals surface area (Å²) in [6.45, 7) is 0.336. The van der Waals surface area contributed by atoms with E-state index in [1.54, 1.807) is 18.5 Å². The third-order valence-corrected chi connectivity index (χ3v) is 3.06. The average molecular weight is 297 g/mol. The zero-order valence-corrected chi connectivity index (χ0v) is 11.5. The van der Waals surface area contributed by atoms with Gasteiger partial charge in [-0.3, -0.25) is 9.78 Å². The molecule has 5 nitrogen and oxygen atoms in total. The molecule has 0 saturated heterocycles. The number of aromatic nitrogens is 2. The van der Waals surface area contributed by atoms with Crippen LogP contribution in [0.4, 0.5) is 4.39 Å². The van der Waals surface area contributed by atoms with Crippen LogP contribution in [0.1, 0.15) is 16.1 Å². The topological polar surface area (TPSA) is 68.0 Å². The van der Waals surface area contributed by atoms with E-state index in [1.807, 2.05) is 6.07 Å². The first-order valence-corrected chi connectivity index (χ1v) is 6.60. The van der Waals surface area contributed by atoms with Gasteiger partial charge in [-0.2, -0.15) is 0 Å². The maximum absolute atomic E-state index is 13.0. The zero-order chi connectivity index (χ0) is 15.4. The van der Waals surface area contributed by atoms with Crippen LogP contribution in [0.5, 0.6) is 0 Å². The van der Waals surface area contributed by atoms with E-state index in [4.69, 9.17) is 4.42 Å². The molecule has 22 heavy (non-hydrogen) atoms. The van der Waals surface area contributed by atoms with Crippen LogP contribution in [0.3, 0.4) is 0 Å². The number of carbonyl (C=O) groups is 1. The van der Waals surface area contributed by atoms with Crippen LogP contribution in [0, 0.1) is 5.82 Å².